The maximum Gasteiger partial charge on any atom is 0.321 e. The van der Waals surface area contributed by atoms with E-state index in [1.54, 1.807) is 0 Å². The highest BCUT2D eigenvalue weighted by Gasteiger charge is 2.34. The van der Waals surface area contributed by atoms with Gasteiger partial charge in [-0.2, -0.15) is 0 Å². The van der Waals surface area contributed by atoms with Crippen molar-refractivity contribution >= 4 is 11.9 Å². The van der Waals surface area contributed by atoms with Crippen LogP contribution in [-0.2, 0) is 14.3 Å². The summed E-state index contributed by atoms with van der Waals surface area (Å²) in [6, 6.07) is 7.80. The molecule has 0 saturated carbocycles. The molecule has 0 spiro atoms. The van der Waals surface area contributed by atoms with Crippen molar-refractivity contribution < 1.29 is 14.3 Å². The van der Waals surface area contributed by atoms with E-state index in [0.717, 1.165) is 5.56 Å². The van der Waals surface area contributed by atoms with Crippen LogP contribution in [0.4, 0.5) is 0 Å². The van der Waals surface area contributed by atoms with Gasteiger partial charge >= 0.3 is 11.9 Å². The van der Waals surface area contributed by atoms with Gasteiger partial charge in [-0.25, -0.2) is 0 Å². The summed E-state index contributed by atoms with van der Waals surface area (Å²) in [5.41, 5.74) is 2.08. The predicted octanol–water partition coefficient (Wildman–Crippen LogP) is 2.37. The van der Waals surface area contributed by atoms with E-state index >= 15 is 0 Å². The lowest BCUT2D eigenvalue weighted by Gasteiger charge is -2.08. The fourth-order valence-corrected chi connectivity index (χ4v) is 1.84. The van der Waals surface area contributed by atoms with Crippen LogP contribution in [0.15, 0.2) is 24.3 Å². The average Bonchev–Trinajstić information content (AvgIpc) is 2.58. The van der Waals surface area contributed by atoms with Crippen molar-refractivity contribution in [3.8, 4) is 0 Å². The summed E-state index contributed by atoms with van der Waals surface area (Å²) in [5.74, 6) is -0.801. The lowest BCUT2D eigenvalue weighted by atomic mass is 9.94. The van der Waals surface area contributed by atoms with Crippen molar-refractivity contribution in [2.45, 2.75) is 32.1 Å². The van der Waals surface area contributed by atoms with Gasteiger partial charge in [0.1, 0.15) is 0 Å². The second-order valence-corrected chi connectivity index (χ2v) is 4.37. The molecule has 0 aromatic heterocycles. The van der Waals surface area contributed by atoms with Gasteiger partial charge in [0, 0.05) is 0 Å². The lowest BCUT2D eigenvalue weighted by Crippen LogP contribution is -2.05. The monoisotopic (exact) mass is 218 g/mol. The van der Waals surface area contributed by atoms with Crippen LogP contribution in [0.3, 0.4) is 0 Å². The number of ether oxygens (including phenoxy) is 1. The van der Waals surface area contributed by atoms with E-state index in [2.05, 4.69) is 18.6 Å². The zero-order valence-corrected chi connectivity index (χ0v) is 9.40. The van der Waals surface area contributed by atoms with Crippen molar-refractivity contribution in [3.63, 3.8) is 0 Å². The molecule has 1 aliphatic rings. The fourth-order valence-electron chi connectivity index (χ4n) is 1.84. The van der Waals surface area contributed by atoms with E-state index in [0.29, 0.717) is 5.92 Å². The molecule has 0 amide bonds. The van der Waals surface area contributed by atoms with Gasteiger partial charge in [-0.3, -0.25) is 9.59 Å². The Morgan fingerprint density at radius 1 is 1.19 bits per heavy atom. The molecule has 0 aliphatic carbocycles. The summed E-state index contributed by atoms with van der Waals surface area (Å²) >= 11 is 0. The number of carbonyl (C=O) groups excluding carboxylic acids is 2. The first-order valence-electron chi connectivity index (χ1n) is 5.42. The Hall–Kier alpha value is -1.64. The van der Waals surface area contributed by atoms with E-state index in [1.807, 2.05) is 24.3 Å². The molecule has 0 radical (unpaired) electrons. The molecule has 1 aromatic rings. The van der Waals surface area contributed by atoms with Gasteiger partial charge in [-0.05, 0) is 17.0 Å². The third kappa shape index (κ3) is 1.98. The van der Waals surface area contributed by atoms with Crippen LogP contribution in [0.1, 0.15) is 43.2 Å². The first-order valence-corrected chi connectivity index (χ1v) is 5.42. The molecule has 1 heterocycles. The standard InChI is InChI=1S/C13H14O3/c1-8(2)9-3-5-10(6-4-9)11-7-12(14)16-13(11)15/h3-6,8,11H,7H2,1-2H3/t11-/m0/s1. The summed E-state index contributed by atoms with van der Waals surface area (Å²) in [6.07, 6.45) is 0.167. The zero-order valence-electron chi connectivity index (χ0n) is 9.40. The third-order valence-corrected chi connectivity index (χ3v) is 2.88. The van der Waals surface area contributed by atoms with Crippen LogP contribution in [-0.4, -0.2) is 11.9 Å². The van der Waals surface area contributed by atoms with Crippen molar-refractivity contribution in [1.82, 2.24) is 0 Å². The Morgan fingerprint density at radius 2 is 1.81 bits per heavy atom. The van der Waals surface area contributed by atoms with Crippen molar-refractivity contribution in [2.75, 3.05) is 0 Å². The van der Waals surface area contributed by atoms with E-state index in [9.17, 15) is 9.59 Å². The van der Waals surface area contributed by atoms with Gasteiger partial charge in [0.15, 0.2) is 0 Å². The Morgan fingerprint density at radius 3 is 2.25 bits per heavy atom. The SMILES string of the molecule is CC(C)c1ccc([C@@H]2CC(=O)OC2=O)cc1. The number of hydrogen-bond donors (Lipinski definition) is 0. The van der Waals surface area contributed by atoms with Crippen LogP contribution in [0, 0.1) is 0 Å². The van der Waals surface area contributed by atoms with E-state index in [4.69, 9.17) is 0 Å². The molecule has 0 bridgehead atoms. The molecule has 3 heteroatoms. The van der Waals surface area contributed by atoms with Gasteiger partial charge in [0.05, 0.1) is 12.3 Å². The third-order valence-electron chi connectivity index (χ3n) is 2.88. The second kappa shape index (κ2) is 4.08. The molecular weight excluding hydrogens is 204 g/mol. The minimum Gasteiger partial charge on any atom is -0.393 e. The molecule has 1 saturated heterocycles. The first-order chi connectivity index (χ1) is 7.58. The quantitative estimate of drug-likeness (QED) is 0.565. The molecule has 16 heavy (non-hydrogen) atoms. The topological polar surface area (TPSA) is 43.4 Å². The lowest BCUT2D eigenvalue weighted by molar-refractivity contribution is -0.152. The Balaban J connectivity index is 2.22. The van der Waals surface area contributed by atoms with Gasteiger partial charge < -0.3 is 4.74 Å². The summed E-state index contributed by atoms with van der Waals surface area (Å²) in [6.45, 7) is 4.23. The van der Waals surface area contributed by atoms with E-state index in [1.165, 1.54) is 5.56 Å². The summed E-state index contributed by atoms with van der Waals surface area (Å²) < 4.78 is 4.53. The summed E-state index contributed by atoms with van der Waals surface area (Å²) in [7, 11) is 0. The molecule has 3 nitrogen and oxygen atoms in total. The maximum absolute atomic E-state index is 11.4. The highest BCUT2D eigenvalue weighted by Crippen LogP contribution is 2.28. The van der Waals surface area contributed by atoms with Gasteiger partial charge in [0.25, 0.3) is 0 Å². The predicted molar refractivity (Wildman–Crippen MR) is 59.0 cm³/mol. The van der Waals surface area contributed by atoms with Crippen molar-refractivity contribution in [3.05, 3.63) is 35.4 Å². The minimum absolute atomic E-state index is 0.167. The first kappa shape index (κ1) is 10.9. The summed E-state index contributed by atoms with van der Waals surface area (Å²) in [4.78, 5) is 22.3. The van der Waals surface area contributed by atoms with Crippen molar-refractivity contribution in [1.29, 1.82) is 0 Å². The van der Waals surface area contributed by atoms with Crippen LogP contribution >= 0.6 is 0 Å². The maximum atomic E-state index is 11.4. The van der Waals surface area contributed by atoms with Gasteiger partial charge in [-0.15, -0.1) is 0 Å². The van der Waals surface area contributed by atoms with E-state index in [-0.39, 0.29) is 6.42 Å². The van der Waals surface area contributed by atoms with Crippen LogP contribution in [0.5, 0.6) is 0 Å². The number of esters is 2. The average molecular weight is 218 g/mol. The van der Waals surface area contributed by atoms with Crippen LogP contribution < -0.4 is 0 Å². The van der Waals surface area contributed by atoms with Crippen molar-refractivity contribution in [2.24, 2.45) is 0 Å². The number of rotatable bonds is 2. The minimum atomic E-state index is -0.428. The zero-order chi connectivity index (χ0) is 11.7. The highest BCUT2D eigenvalue weighted by molar-refractivity contribution is 5.97. The summed E-state index contributed by atoms with van der Waals surface area (Å²) in [5, 5.41) is 0. The number of carbonyl (C=O) groups is 2. The molecule has 1 atom stereocenters. The normalized spacial score (nSPS) is 20.3. The fraction of sp³-hybridized carbons (Fsp3) is 0.385. The smallest absolute Gasteiger partial charge is 0.321 e. The van der Waals surface area contributed by atoms with Crippen LogP contribution in [0.2, 0.25) is 0 Å². The Labute approximate surface area is 94.4 Å². The largest absolute Gasteiger partial charge is 0.393 e. The molecule has 2 rings (SSSR count). The molecular formula is C13H14O3. The number of cyclic esters (lactones) is 2. The Bertz CT molecular complexity index is 417. The molecule has 0 unspecified atom stereocenters. The van der Waals surface area contributed by atoms with Gasteiger partial charge in [-0.1, -0.05) is 38.1 Å². The molecule has 0 N–H and O–H groups in total. The molecule has 1 aromatic carbocycles. The van der Waals surface area contributed by atoms with Gasteiger partial charge in [0.2, 0.25) is 0 Å². The highest BCUT2D eigenvalue weighted by atomic mass is 16.6. The van der Waals surface area contributed by atoms with Crippen LogP contribution in [0.25, 0.3) is 0 Å². The molecule has 1 fully saturated rings. The molecule has 84 valence electrons. The Kier molecular flexibility index (Phi) is 2.77. The van der Waals surface area contributed by atoms with E-state index < -0.39 is 17.9 Å². The number of benzene rings is 1. The molecule has 1 aliphatic heterocycles. The number of hydrogen-bond acceptors (Lipinski definition) is 3. The second-order valence-electron chi connectivity index (χ2n) is 4.37.